The van der Waals surface area contributed by atoms with Crippen LogP contribution in [0, 0.1) is 0 Å². The molecule has 2 rings (SSSR count). The molecule has 1 aromatic heterocycles. The van der Waals surface area contributed by atoms with Crippen LogP contribution in [0.15, 0.2) is 12.3 Å². The van der Waals surface area contributed by atoms with Crippen molar-refractivity contribution in [2.75, 3.05) is 18.4 Å². The van der Waals surface area contributed by atoms with Crippen LogP contribution < -0.4 is 5.32 Å². The third kappa shape index (κ3) is 4.04. The van der Waals surface area contributed by atoms with Crippen molar-refractivity contribution in [1.29, 1.82) is 0 Å². The minimum Gasteiger partial charge on any atom is -0.480 e. The van der Waals surface area contributed by atoms with Gasteiger partial charge in [-0.2, -0.15) is 0 Å². The predicted molar refractivity (Wildman–Crippen MR) is 76.5 cm³/mol. The van der Waals surface area contributed by atoms with E-state index in [0.29, 0.717) is 5.02 Å². The third-order valence-corrected chi connectivity index (χ3v) is 3.57. The number of amides is 1. The Balaban J connectivity index is 1.99. The van der Waals surface area contributed by atoms with Gasteiger partial charge < -0.3 is 15.5 Å². The van der Waals surface area contributed by atoms with Gasteiger partial charge in [0.25, 0.3) is 0 Å². The van der Waals surface area contributed by atoms with E-state index in [0.717, 1.165) is 0 Å². The number of aromatic nitrogens is 1. The van der Waals surface area contributed by atoms with Gasteiger partial charge in [-0.3, -0.25) is 14.5 Å². The number of nitrogens with zero attached hydrogens (tertiary/aromatic N) is 2. The van der Waals surface area contributed by atoms with Gasteiger partial charge in [0.05, 0.1) is 22.7 Å². The smallest absolute Gasteiger partial charge is 0.321 e. The SMILES string of the molecule is O=C(CN1CC(O)CC1C(=O)O)Nc1ncc(Cl)cc1Cl. The summed E-state index contributed by atoms with van der Waals surface area (Å²) in [5.41, 5.74) is 0. The highest BCUT2D eigenvalue weighted by molar-refractivity contribution is 6.36. The molecule has 0 spiro atoms. The first kappa shape index (κ1) is 16.0. The Morgan fingerprint density at radius 3 is 2.81 bits per heavy atom. The van der Waals surface area contributed by atoms with Gasteiger partial charge in [0.2, 0.25) is 5.91 Å². The van der Waals surface area contributed by atoms with E-state index >= 15 is 0 Å². The number of likely N-dealkylation sites (tertiary alicyclic amines) is 1. The van der Waals surface area contributed by atoms with Crippen LogP contribution in [0.3, 0.4) is 0 Å². The van der Waals surface area contributed by atoms with Crippen molar-refractivity contribution >= 4 is 40.9 Å². The zero-order valence-corrected chi connectivity index (χ0v) is 12.3. The van der Waals surface area contributed by atoms with E-state index in [1.54, 1.807) is 0 Å². The van der Waals surface area contributed by atoms with Crippen molar-refractivity contribution in [2.24, 2.45) is 0 Å². The van der Waals surface area contributed by atoms with Crippen molar-refractivity contribution < 1.29 is 19.8 Å². The van der Waals surface area contributed by atoms with Crippen LogP contribution in [-0.4, -0.2) is 57.2 Å². The minimum atomic E-state index is -1.07. The Morgan fingerprint density at radius 1 is 1.48 bits per heavy atom. The summed E-state index contributed by atoms with van der Waals surface area (Å²) in [5, 5.41) is 21.6. The fourth-order valence-corrected chi connectivity index (χ4v) is 2.60. The fourth-order valence-electron chi connectivity index (χ4n) is 2.17. The van der Waals surface area contributed by atoms with Gasteiger partial charge in [0.1, 0.15) is 6.04 Å². The normalized spacial score (nSPS) is 22.2. The third-order valence-electron chi connectivity index (χ3n) is 3.08. The molecule has 0 bridgehead atoms. The molecular weight excluding hydrogens is 321 g/mol. The van der Waals surface area contributed by atoms with Gasteiger partial charge in [0, 0.05) is 19.2 Å². The average molecular weight is 334 g/mol. The van der Waals surface area contributed by atoms with Crippen molar-refractivity contribution in [1.82, 2.24) is 9.88 Å². The second-order valence-electron chi connectivity index (χ2n) is 4.71. The Morgan fingerprint density at radius 2 is 2.19 bits per heavy atom. The molecule has 21 heavy (non-hydrogen) atoms. The molecule has 7 nitrogen and oxygen atoms in total. The number of carbonyl (C=O) groups is 2. The molecule has 1 aliphatic rings. The first-order chi connectivity index (χ1) is 9.86. The molecule has 1 amide bonds. The number of anilines is 1. The Bertz CT molecular complexity index is 569. The summed E-state index contributed by atoms with van der Waals surface area (Å²) < 4.78 is 0. The van der Waals surface area contributed by atoms with Crippen molar-refractivity contribution in [3.8, 4) is 0 Å². The molecule has 0 aliphatic carbocycles. The minimum absolute atomic E-state index is 0.0998. The number of nitrogens with one attached hydrogen (secondary N) is 1. The fraction of sp³-hybridized carbons (Fsp3) is 0.417. The van der Waals surface area contributed by atoms with E-state index in [9.17, 15) is 14.7 Å². The van der Waals surface area contributed by atoms with E-state index in [4.69, 9.17) is 28.3 Å². The molecule has 0 radical (unpaired) electrons. The maximum Gasteiger partial charge on any atom is 0.321 e. The molecule has 0 saturated carbocycles. The molecule has 114 valence electrons. The van der Waals surface area contributed by atoms with Crippen LogP contribution in [-0.2, 0) is 9.59 Å². The van der Waals surface area contributed by atoms with Gasteiger partial charge >= 0.3 is 5.97 Å². The van der Waals surface area contributed by atoms with Gasteiger partial charge in [0.15, 0.2) is 5.82 Å². The standard InChI is InChI=1S/C12H13Cl2N3O4/c13-6-1-8(14)11(15-3-6)16-10(19)5-17-4-7(18)2-9(17)12(20)21/h1,3,7,9,18H,2,4-5H2,(H,20,21)(H,15,16,19). The summed E-state index contributed by atoms with van der Waals surface area (Å²) in [7, 11) is 0. The second-order valence-corrected chi connectivity index (χ2v) is 5.55. The number of halogens is 2. The maximum absolute atomic E-state index is 11.9. The molecule has 1 aromatic rings. The lowest BCUT2D eigenvalue weighted by Gasteiger charge is -2.19. The van der Waals surface area contributed by atoms with Gasteiger partial charge in [-0.1, -0.05) is 23.2 Å². The number of β-amino-alcohol motifs (C(OH)–C–C–N with tert-alkyl or cyclic N) is 1. The van der Waals surface area contributed by atoms with E-state index in [1.165, 1.54) is 17.2 Å². The highest BCUT2D eigenvalue weighted by Crippen LogP contribution is 2.23. The second kappa shape index (κ2) is 6.57. The van der Waals surface area contributed by atoms with E-state index < -0.39 is 24.0 Å². The zero-order chi connectivity index (χ0) is 15.6. The molecule has 0 aromatic carbocycles. The molecule has 2 heterocycles. The van der Waals surface area contributed by atoms with E-state index in [1.807, 2.05) is 0 Å². The topological polar surface area (TPSA) is 103 Å². The lowest BCUT2D eigenvalue weighted by molar-refractivity contribution is -0.142. The Hall–Kier alpha value is -1.41. The quantitative estimate of drug-likeness (QED) is 0.754. The summed E-state index contributed by atoms with van der Waals surface area (Å²) in [4.78, 5) is 28.3. The summed E-state index contributed by atoms with van der Waals surface area (Å²) in [6.45, 7) is -0.0408. The number of carbonyl (C=O) groups excluding carboxylic acids is 1. The van der Waals surface area contributed by atoms with E-state index in [2.05, 4.69) is 10.3 Å². The van der Waals surface area contributed by atoms with Crippen LogP contribution in [0.5, 0.6) is 0 Å². The molecule has 1 saturated heterocycles. The van der Waals surface area contributed by atoms with Crippen molar-refractivity contribution in [2.45, 2.75) is 18.6 Å². The van der Waals surface area contributed by atoms with Crippen molar-refractivity contribution in [3.05, 3.63) is 22.3 Å². The highest BCUT2D eigenvalue weighted by atomic mass is 35.5. The molecule has 1 fully saturated rings. The summed E-state index contributed by atoms with van der Waals surface area (Å²) in [6.07, 6.45) is 0.682. The zero-order valence-electron chi connectivity index (χ0n) is 10.8. The summed E-state index contributed by atoms with van der Waals surface area (Å²) in [5.74, 6) is -1.38. The Kier molecular flexibility index (Phi) is 5.00. The largest absolute Gasteiger partial charge is 0.480 e. The number of carboxylic acid groups (broad SMARTS) is 1. The first-order valence-electron chi connectivity index (χ1n) is 6.12. The maximum atomic E-state index is 11.9. The number of carboxylic acids is 1. The molecule has 2 unspecified atom stereocenters. The lowest BCUT2D eigenvalue weighted by Crippen LogP contribution is -2.41. The number of aliphatic hydroxyl groups is 1. The van der Waals surface area contributed by atoms with Gasteiger partial charge in [-0.15, -0.1) is 0 Å². The molecule has 1 aliphatic heterocycles. The van der Waals surface area contributed by atoms with Crippen LogP contribution in [0.4, 0.5) is 5.82 Å². The molecular formula is C12H13Cl2N3O4. The first-order valence-corrected chi connectivity index (χ1v) is 6.88. The number of aliphatic hydroxyl groups excluding tert-OH is 1. The molecule has 3 N–H and O–H groups in total. The van der Waals surface area contributed by atoms with Crippen LogP contribution in [0.25, 0.3) is 0 Å². The number of hydrogen-bond acceptors (Lipinski definition) is 5. The van der Waals surface area contributed by atoms with Crippen LogP contribution >= 0.6 is 23.2 Å². The summed E-state index contributed by atoms with van der Waals surface area (Å²) in [6, 6.07) is 0.560. The monoisotopic (exact) mass is 333 g/mol. The van der Waals surface area contributed by atoms with E-state index in [-0.39, 0.29) is 30.4 Å². The number of hydrogen-bond donors (Lipinski definition) is 3. The number of rotatable bonds is 4. The van der Waals surface area contributed by atoms with Crippen LogP contribution in [0.2, 0.25) is 10.0 Å². The Labute approximate surface area is 130 Å². The lowest BCUT2D eigenvalue weighted by atomic mass is 10.2. The molecule has 2 atom stereocenters. The van der Waals surface area contributed by atoms with Gasteiger partial charge in [-0.25, -0.2) is 4.98 Å². The predicted octanol–water partition coefficient (Wildman–Crippen LogP) is 0.847. The summed E-state index contributed by atoms with van der Waals surface area (Å²) >= 11 is 11.6. The number of pyridine rings is 1. The molecule has 9 heteroatoms. The van der Waals surface area contributed by atoms with Crippen LogP contribution in [0.1, 0.15) is 6.42 Å². The average Bonchev–Trinajstić information content (AvgIpc) is 2.74. The van der Waals surface area contributed by atoms with Gasteiger partial charge in [-0.05, 0) is 6.07 Å². The van der Waals surface area contributed by atoms with Crippen molar-refractivity contribution in [3.63, 3.8) is 0 Å². The highest BCUT2D eigenvalue weighted by Gasteiger charge is 2.36. The number of aliphatic carboxylic acids is 1.